The van der Waals surface area contributed by atoms with Crippen molar-refractivity contribution in [3.63, 3.8) is 0 Å². The summed E-state index contributed by atoms with van der Waals surface area (Å²) in [6.07, 6.45) is 4.14. The van der Waals surface area contributed by atoms with Gasteiger partial charge in [-0.25, -0.2) is 0 Å². The second kappa shape index (κ2) is 4.76. The highest BCUT2D eigenvalue weighted by Gasteiger charge is 2.22. The molecule has 0 bridgehead atoms. The molecule has 1 atom stereocenters. The average Bonchev–Trinajstić information content (AvgIpc) is 2.26. The van der Waals surface area contributed by atoms with E-state index in [1.54, 1.807) is 14.0 Å². The first-order valence-electron chi connectivity index (χ1n) is 5.71. The number of rotatable bonds is 2. The van der Waals surface area contributed by atoms with Crippen molar-refractivity contribution in [2.45, 2.75) is 38.7 Å². The first kappa shape index (κ1) is 11.9. The van der Waals surface area contributed by atoms with Crippen LogP contribution in [0, 0.1) is 0 Å². The summed E-state index contributed by atoms with van der Waals surface area (Å²) in [5.41, 5.74) is 3.61. The van der Waals surface area contributed by atoms with Gasteiger partial charge < -0.3 is 9.84 Å². The maximum Gasteiger partial charge on any atom is 0.139 e. The molecule has 0 saturated carbocycles. The van der Waals surface area contributed by atoms with Crippen molar-refractivity contribution in [1.82, 2.24) is 0 Å². The minimum atomic E-state index is -0.473. The Morgan fingerprint density at radius 3 is 2.69 bits per heavy atom. The summed E-state index contributed by atoms with van der Waals surface area (Å²) in [5.74, 6) is 0.788. The lowest BCUT2D eigenvalue weighted by Gasteiger charge is -2.24. The Labute approximate surface area is 105 Å². The molecule has 0 radical (unpaired) electrons. The summed E-state index contributed by atoms with van der Waals surface area (Å²) in [5, 5.41) is 9.92. The average molecular weight is 285 g/mol. The molecule has 2 rings (SSSR count). The van der Waals surface area contributed by atoms with E-state index in [0.717, 1.165) is 28.6 Å². The lowest BCUT2D eigenvalue weighted by atomic mass is 9.86. The van der Waals surface area contributed by atoms with E-state index < -0.39 is 6.10 Å². The topological polar surface area (TPSA) is 29.5 Å². The van der Waals surface area contributed by atoms with Gasteiger partial charge >= 0.3 is 0 Å². The van der Waals surface area contributed by atoms with E-state index in [1.165, 1.54) is 24.0 Å². The second-order valence-corrected chi connectivity index (χ2v) is 5.18. The van der Waals surface area contributed by atoms with Crippen LogP contribution >= 0.6 is 15.9 Å². The molecule has 1 aliphatic rings. The smallest absolute Gasteiger partial charge is 0.139 e. The molecule has 2 nitrogen and oxygen atoms in total. The van der Waals surface area contributed by atoms with Crippen molar-refractivity contribution in [1.29, 1.82) is 0 Å². The Kier molecular flexibility index (Phi) is 3.55. The van der Waals surface area contributed by atoms with Crippen LogP contribution in [0.5, 0.6) is 5.75 Å². The van der Waals surface area contributed by atoms with Crippen LogP contribution in [-0.4, -0.2) is 12.2 Å². The van der Waals surface area contributed by atoms with Crippen LogP contribution in [0.4, 0.5) is 0 Å². The van der Waals surface area contributed by atoms with Gasteiger partial charge in [0.1, 0.15) is 5.75 Å². The third-order valence-corrected chi connectivity index (χ3v) is 3.81. The monoisotopic (exact) mass is 284 g/mol. The van der Waals surface area contributed by atoms with Crippen LogP contribution in [-0.2, 0) is 12.8 Å². The van der Waals surface area contributed by atoms with E-state index in [9.17, 15) is 5.11 Å². The van der Waals surface area contributed by atoms with E-state index in [-0.39, 0.29) is 0 Å². The molecule has 0 spiro atoms. The van der Waals surface area contributed by atoms with Crippen LogP contribution < -0.4 is 4.74 Å². The molecule has 0 fully saturated rings. The number of halogens is 1. The first-order chi connectivity index (χ1) is 7.65. The molecule has 0 saturated heterocycles. The van der Waals surface area contributed by atoms with Crippen LogP contribution in [0.2, 0.25) is 0 Å². The third kappa shape index (κ3) is 1.98. The number of benzene rings is 1. The third-order valence-electron chi connectivity index (χ3n) is 3.22. The highest BCUT2D eigenvalue weighted by Crippen LogP contribution is 2.40. The molecule has 16 heavy (non-hydrogen) atoms. The lowest BCUT2D eigenvalue weighted by Crippen LogP contribution is -2.10. The molecule has 1 aromatic carbocycles. The zero-order valence-electron chi connectivity index (χ0n) is 9.72. The summed E-state index contributed by atoms with van der Waals surface area (Å²) in [6.45, 7) is 1.80. The molecule has 0 aliphatic heterocycles. The van der Waals surface area contributed by atoms with E-state index in [1.807, 2.05) is 0 Å². The highest BCUT2D eigenvalue weighted by atomic mass is 79.9. The summed E-state index contributed by atoms with van der Waals surface area (Å²) in [6, 6.07) is 2.14. The van der Waals surface area contributed by atoms with E-state index in [2.05, 4.69) is 22.0 Å². The van der Waals surface area contributed by atoms with Gasteiger partial charge in [0.05, 0.1) is 17.7 Å². The van der Waals surface area contributed by atoms with Gasteiger partial charge in [-0.1, -0.05) is 0 Å². The number of aliphatic hydroxyl groups is 1. The molecule has 1 unspecified atom stereocenters. The van der Waals surface area contributed by atoms with Crippen LogP contribution in [0.1, 0.15) is 42.6 Å². The van der Waals surface area contributed by atoms with Crippen molar-refractivity contribution in [3.8, 4) is 5.75 Å². The first-order valence-corrected chi connectivity index (χ1v) is 6.50. The fourth-order valence-corrected chi connectivity index (χ4v) is 3.18. The van der Waals surface area contributed by atoms with Crippen LogP contribution in [0.25, 0.3) is 0 Å². The quantitative estimate of drug-likeness (QED) is 0.902. The fourth-order valence-electron chi connectivity index (χ4n) is 2.53. The van der Waals surface area contributed by atoms with Crippen LogP contribution in [0.3, 0.4) is 0 Å². The van der Waals surface area contributed by atoms with Gasteiger partial charge in [-0.15, -0.1) is 0 Å². The molecule has 88 valence electrons. The molecule has 0 heterocycles. The summed E-state index contributed by atoms with van der Waals surface area (Å²) < 4.78 is 6.35. The van der Waals surface area contributed by atoms with Gasteiger partial charge in [0.25, 0.3) is 0 Å². The van der Waals surface area contributed by atoms with Gasteiger partial charge in [-0.2, -0.15) is 0 Å². The van der Waals surface area contributed by atoms with Gasteiger partial charge in [0.2, 0.25) is 0 Å². The Bertz CT molecular complexity index is 399. The maximum absolute atomic E-state index is 9.92. The highest BCUT2D eigenvalue weighted by molar-refractivity contribution is 9.10. The minimum Gasteiger partial charge on any atom is -0.495 e. The molecule has 1 aliphatic carbocycles. The number of methoxy groups -OCH3 is 1. The fraction of sp³-hybridized carbons (Fsp3) is 0.538. The lowest BCUT2D eigenvalue weighted by molar-refractivity contribution is 0.192. The summed E-state index contributed by atoms with van der Waals surface area (Å²) in [7, 11) is 1.65. The number of hydrogen-bond acceptors (Lipinski definition) is 2. The normalized spacial score (nSPS) is 16.8. The van der Waals surface area contributed by atoms with E-state index in [0.29, 0.717) is 0 Å². The number of hydrogen-bond donors (Lipinski definition) is 1. The maximum atomic E-state index is 9.92. The van der Waals surface area contributed by atoms with E-state index in [4.69, 9.17) is 4.74 Å². The zero-order chi connectivity index (χ0) is 11.7. The number of ether oxygens (including phenoxy) is 1. The predicted octanol–water partition coefficient (Wildman–Crippen LogP) is 3.39. The summed E-state index contributed by atoms with van der Waals surface area (Å²) >= 11 is 3.52. The Hall–Kier alpha value is -0.540. The van der Waals surface area contributed by atoms with Crippen molar-refractivity contribution in [2.24, 2.45) is 0 Å². The molecular weight excluding hydrogens is 268 g/mol. The van der Waals surface area contributed by atoms with Crippen molar-refractivity contribution in [3.05, 3.63) is 27.2 Å². The van der Waals surface area contributed by atoms with E-state index >= 15 is 0 Å². The molecule has 3 heteroatoms. The molecule has 0 aromatic heterocycles. The Morgan fingerprint density at radius 2 is 2.06 bits per heavy atom. The molecular formula is C13H17BrO2. The van der Waals surface area contributed by atoms with Crippen molar-refractivity contribution >= 4 is 15.9 Å². The second-order valence-electron chi connectivity index (χ2n) is 4.33. The number of fused-ring (bicyclic) bond motifs is 1. The van der Waals surface area contributed by atoms with Crippen LogP contribution in [0.15, 0.2) is 10.5 Å². The molecule has 0 amide bonds. The van der Waals surface area contributed by atoms with Gasteiger partial charge in [0.15, 0.2) is 0 Å². The van der Waals surface area contributed by atoms with Gasteiger partial charge in [-0.3, -0.25) is 0 Å². The minimum absolute atomic E-state index is 0.473. The SMILES string of the molecule is COc1c(Br)cc2c(c1C(C)O)CCCC2. The molecule has 1 aromatic rings. The van der Waals surface area contributed by atoms with Crippen molar-refractivity contribution < 1.29 is 9.84 Å². The zero-order valence-corrected chi connectivity index (χ0v) is 11.3. The predicted molar refractivity (Wildman–Crippen MR) is 68.0 cm³/mol. The summed E-state index contributed by atoms with van der Waals surface area (Å²) in [4.78, 5) is 0. The van der Waals surface area contributed by atoms with Crippen molar-refractivity contribution in [2.75, 3.05) is 7.11 Å². The molecule has 1 N–H and O–H groups in total. The largest absolute Gasteiger partial charge is 0.495 e. The standard InChI is InChI=1S/C13H17BrO2/c1-8(15)12-10-6-4-3-5-9(10)7-11(14)13(12)16-2/h7-8,15H,3-6H2,1-2H3. The number of aryl methyl sites for hydroxylation is 1. The van der Waals surface area contributed by atoms with Gasteiger partial charge in [-0.05, 0) is 65.7 Å². The van der Waals surface area contributed by atoms with Gasteiger partial charge in [0, 0.05) is 5.56 Å². The number of aliphatic hydroxyl groups excluding tert-OH is 1. The Morgan fingerprint density at radius 1 is 1.38 bits per heavy atom. The Balaban J connectivity index is 2.64.